The van der Waals surface area contributed by atoms with E-state index in [1.165, 1.54) is 14.2 Å². The smallest absolute Gasteiger partial charge is 0.295 e. The van der Waals surface area contributed by atoms with Gasteiger partial charge in [-0.15, -0.1) is 0 Å². The third kappa shape index (κ3) is 2.81. The van der Waals surface area contributed by atoms with Crippen LogP contribution in [0, 0.1) is 11.5 Å². The van der Waals surface area contributed by atoms with Crippen LogP contribution in [0.2, 0.25) is 0 Å². The van der Waals surface area contributed by atoms with Gasteiger partial charge < -0.3 is 15.2 Å². The van der Waals surface area contributed by atoms with E-state index in [0.717, 1.165) is 0 Å². The van der Waals surface area contributed by atoms with Gasteiger partial charge in [0.05, 0.1) is 19.8 Å². The van der Waals surface area contributed by atoms with E-state index in [-0.39, 0.29) is 22.9 Å². The van der Waals surface area contributed by atoms with E-state index in [0.29, 0.717) is 10.5 Å². The standard InChI is InChI=1S/C14H15N3O5S/c1-21-11-10(9-6-4-3-5-7-9)12(22-2)14(23(18,19)20)17(8-15)13(11)16/h3-7,14H,16H2,1-2H3,(H,18,19,20). The van der Waals surface area contributed by atoms with Crippen LogP contribution in [0.4, 0.5) is 0 Å². The summed E-state index contributed by atoms with van der Waals surface area (Å²) in [5.41, 5.74) is 6.69. The molecule has 1 aliphatic heterocycles. The molecule has 0 bridgehead atoms. The highest BCUT2D eigenvalue weighted by atomic mass is 32.2. The molecule has 1 unspecified atom stereocenters. The highest BCUT2D eigenvalue weighted by molar-refractivity contribution is 7.86. The maximum absolute atomic E-state index is 11.8. The zero-order valence-corrected chi connectivity index (χ0v) is 13.2. The van der Waals surface area contributed by atoms with Gasteiger partial charge in [0.1, 0.15) is 5.76 Å². The molecule has 122 valence electrons. The van der Waals surface area contributed by atoms with Crippen molar-refractivity contribution >= 4 is 15.7 Å². The number of nitrogens with two attached hydrogens (primary N) is 1. The third-order valence-corrected chi connectivity index (χ3v) is 4.29. The number of ether oxygens (including phenoxy) is 2. The Balaban J connectivity index is 2.86. The molecule has 1 atom stereocenters. The Morgan fingerprint density at radius 1 is 1.26 bits per heavy atom. The Bertz CT molecular complexity index is 809. The first kappa shape index (κ1) is 16.7. The monoisotopic (exact) mass is 337 g/mol. The summed E-state index contributed by atoms with van der Waals surface area (Å²) in [6, 6.07) is 8.64. The van der Waals surface area contributed by atoms with E-state index in [1.807, 2.05) is 0 Å². The normalized spacial score (nSPS) is 18.7. The van der Waals surface area contributed by atoms with Crippen LogP contribution in [0.15, 0.2) is 47.7 Å². The first-order valence-electron chi connectivity index (χ1n) is 6.39. The number of benzene rings is 1. The van der Waals surface area contributed by atoms with Gasteiger partial charge in [0.15, 0.2) is 17.8 Å². The number of hydrogen-bond donors (Lipinski definition) is 2. The largest absolute Gasteiger partial charge is 0.497 e. The van der Waals surface area contributed by atoms with Crippen LogP contribution in [0.25, 0.3) is 5.57 Å². The lowest BCUT2D eigenvalue weighted by Crippen LogP contribution is -2.45. The molecule has 0 amide bonds. The molecule has 8 nitrogen and oxygen atoms in total. The highest BCUT2D eigenvalue weighted by Crippen LogP contribution is 2.38. The van der Waals surface area contributed by atoms with Crippen LogP contribution in [-0.4, -0.2) is 37.5 Å². The maximum Gasteiger partial charge on any atom is 0.295 e. The molecule has 2 rings (SSSR count). The van der Waals surface area contributed by atoms with Crippen molar-refractivity contribution in [2.75, 3.05) is 14.2 Å². The summed E-state index contributed by atoms with van der Waals surface area (Å²) in [5.74, 6) is -0.321. The summed E-state index contributed by atoms with van der Waals surface area (Å²) >= 11 is 0. The molecule has 0 aliphatic carbocycles. The second-order valence-corrected chi connectivity index (χ2v) is 6.04. The molecule has 0 saturated heterocycles. The summed E-state index contributed by atoms with van der Waals surface area (Å²) in [5, 5.41) is 7.45. The molecule has 0 radical (unpaired) electrons. The summed E-state index contributed by atoms with van der Waals surface area (Å²) in [7, 11) is -2.13. The van der Waals surface area contributed by atoms with Crippen LogP contribution < -0.4 is 5.73 Å². The lowest BCUT2D eigenvalue weighted by atomic mass is 9.99. The van der Waals surface area contributed by atoms with Crippen molar-refractivity contribution in [2.24, 2.45) is 5.73 Å². The molecule has 0 spiro atoms. The minimum absolute atomic E-state index is 0.0782. The first-order valence-corrected chi connectivity index (χ1v) is 7.90. The average Bonchev–Trinajstić information content (AvgIpc) is 2.53. The van der Waals surface area contributed by atoms with Crippen molar-refractivity contribution in [1.29, 1.82) is 5.26 Å². The van der Waals surface area contributed by atoms with E-state index in [9.17, 15) is 18.2 Å². The van der Waals surface area contributed by atoms with Gasteiger partial charge in [-0.25, -0.2) is 4.90 Å². The highest BCUT2D eigenvalue weighted by Gasteiger charge is 2.44. The summed E-state index contributed by atoms with van der Waals surface area (Å²) in [6.07, 6.45) is 1.63. The van der Waals surface area contributed by atoms with Crippen molar-refractivity contribution in [3.05, 3.63) is 53.2 Å². The quantitative estimate of drug-likeness (QED) is 0.611. The average molecular weight is 337 g/mol. The van der Waals surface area contributed by atoms with Gasteiger partial charge in [0.25, 0.3) is 10.1 Å². The number of allylic oxidation sites excluding steroid dienone is 1. The second kappa shape index (κ2) is 6.20. The van der Waals surface area contributed by atoms with Gasteiger partial charge in [-0.1, -0.05) is 30.3 Å². The first-order chi connectivity index (χ1) is 10.9. The third-order valence-electron chi connectivity index (χ3n) is 3.30. The van der Waals surface area contributed by atoms with E-state index in [1.54, 1.807) is 36.5 Å². The lowest BCUT2D eigenvalue weighted by Gasteiger charge is -2.33. The Hall–Kier alpha value is -2.70. The van der Waals surface area contributed by atoms with Crippen molar-refractivity contribution in [3.8, 4) is 6.19 Å². The van der Waals surface area contributed by atoms with Gasteiger partial charge in [-0.05, 0) is 5.56 Å². The lowest BCUT2D eigenvalue weighted by molar-refractivity contribution is 0.216. The Labute approximate surface area is 133 Å². The topological polar surface area (TPSA) is 126 Å². The summed E-state index contributed by atoms with van der Waals surface area (Å²) in [6.45, 7) is 0. The van der Waals surface area contributed by atoms with Crippen molar-refractivity contribution in [3.63, 3.8) is 0 Å². The molecular formula is C14H15N3O5S. The van der Waals surface area contributed by atoms with Crippen molar-refractivity contribution in [2.45, 2.75) is 5.37 Å². The van der Waals surface area contributed by atoms with Gasteiger partial charge >= 0.3 is 0 Å². The number of nitriles is 1. The van der Waals surface area contributed by atoms with E-state index >= 15 is 0 Å². The summed E-state index contributed by atoms with van der Waals surface area (Å²) < 4.78 is 43.5. The molecule has 1 aliphatic rings. The SMILES string of the molecule is COC1=C(N)N(C#N)C(S(=O)(=O)O)C(OC)=C1c1ccccc1. The van der Waals surface area contributed by atoms with Crippen LogP contribution in [-0.2, 0) is 19.6 Å². The predicted octanol–water partition coefficient (Wildman–Crippen LogP) is 0.829. The molecule has 0 aromatic heterocycles. The molecule has 9 heteroatoms. The predicted molar refractivity (Wildman–Crippen MR) is 81.4 cm³/mol. The van der Waals surface area contributed by atoms with Gasteiger partial charge in [0.2, 0.25) is 5.37 Å². The molecule has 1 heterocycles. The fourth-order valence-corrected chi connectivity index (χ4v) is 3.29. The molecule has 1 aromatic carbocycles. The Morgan fingerprint density at radius 2 is 1.87 bits per heavy atom. The summed E-state index contributed by atoms with van der Waals surface area (Å²) in [4.78, 5) is 0.624. The molecule has 23 heavy (non-hydrogen) atoms. The zero-order valence-electron chi connectivity index (χ0n) is 12.4. The Kier molecular flexibility index (Phi) is 4.49. The van der Waals surface area contributed by atoms with Crippen molar-refractivity contribution < 1.29 is 22.4 Å². The minimum atomic E-state index is -4.70. The van der Waals surface area contributed by atoms with E-state index < -0.39 is 15.5 Å². The number of methoxy groups -OCH3 is 2. The zero-order chi connectivity index (χ0) is 17.2. The molecule has 0 fully saturated rings. The van der Waals surface area contributed by atoms with Crippen molar-refractivity contribution in [1.82, 2.24) is 4.90 Å². The number of nitrogens with zero attached hydrogens (tertiary/aromatic N) is 2. The van der Waals surface area contributed by atoms with Gasteiger partial charge in [0, 0.05) is 0 Å². The van der Waals surface area contributed by atoms with Crippen LogP contribution in [0.3, 0.4) is 0 Å². The molecule has 3 N–H and O–H groups in total. The molecule has 1 aromatic rings. The number of hydrogen-bond acceptors (Lipinski definition) is 7. The second-order valence-electron chi connectivity index (χ2n) is 4.57. The van der Waals surface area contributed by atoms with Gasteiger partial charge in [-0.3, -0.25) is 4.55 Å². The fourth-order valence-electron chi connectivity index (χ4n) is 2.38. The molecular weight excluding hydrogens is 322 g/mol. The molecule has 0 saturated carbocycles. The van der Waals surface area contributed by atoms with Gasteiger partial charge in [-0.2, -0.15) is 13.7 Å². The van der Waals surface area contributed by atoms with Crippen LogP contribution >= 0.6 is 0 Å². The Morgan fingerprint density at radius 3 is 2.30 bits per heavy atom. The maximum atomic E-state index is 11.8. The van der Waals surface area contributed by atoms with Crippen LogP contribution in [0.5, 0.6) is 0 Å². The minimum Gasteiger partial charge on any atom is -0.497 e. The van der Waals surface area contributed by atoms with E-state index in [2.05, 4.69) is 0 Å². The van der Waals surface area contributed by atoms with Crippen LogP contribution in [0.1, 0.15) is 5.56 Å². The number of rotatable bonds is 4. The fraction of sp³-hybridized carbons (Fsp3) is 0.214. The van der Waals surface area contributed by atoms with E-state index in [4.69, 9.17) is 15.2 Å².